The van der Waals surface area contributed by atoms with Crippen LogP contribution in [0.1, 0.15) is 41.6 Å². The SMILES string of the molecule is COc1ccc(C(=O)N(CCc2ccc(F)cc2)C2CCCC2)cc1OC. The molecule has 0 atom stereocenters. The first-order valence-electron chi connectivity index (χ1n) is 9.40. The molecule has 0 N–H and O–H groups in total. The minimum Gasteiger partial charge on any atom is -0.493 e. The lowest BCUT2D eigenvalue weighted by Gasteiger charge is -2.29. The monoisotopic (exact) mass is 371 g/mol. The molecule has 27 heavy (non-hydrogen) atoms. The maximum Gasteiger partial charge on any atom is 0.254 e. The van der Waals surface area contributed by atoms with Gasteiger partial charge in [-0.05, 0) is 55.2 Å². The number of carbonyl (C=O) groups excluding carboxylic acids is 1. The van der Waals surface area contributed by atoms with Crippen molar-refractivity contribution in [1.29, 1.82) is 0 Å². The summed E-state index contributed by atoms with van der Waals surface area (Å²) in [4.78, 5) is 15.2. The molecule has 1 aliphatic rings. The predicted molar refractivity (Wildman–Crippen MR) is 103 cm³/mol. The summed E-state index contributed by atoms with van der Waals surface area (Å²) in [7, 11) is 3.14. The van der Waals surface area contributed by atoms with Crippen LogP contribution in [0.5, 0.6) is 11.5 Å². The van der Waals surface area contributed by atoms with E-state index in [2.05, 4.69) is 0 Å². The molecule has 1 aliphatic carbocycles. The zero-order valence-electron chi connectivity index (χ0n) is 15.9. The lowest BCUT2D eigenvalue weighted by atomic mass is 10.1. The third kappa shape index (κ3) is 4.59. The van der Waals surface area contributed by atoms with Crippen molar-refractivity contribution in [3.05, 3.63) is 59.4 Å². The zero-order valence-corrected chi connectivity index (χ0v) is 15.9. The average Bonchev–Trinajstić information content (AvgIpc) is 3.23. The van der Waals surface area contributed by atoms with Gasteiger partial charge in [0, 0.05) is 18.2 Å². The number of ether oxygens (including phenoxy) is 2. The van der Waals surface area contributed by atoms with Crippen LogP contribution in [0.3, 0.4) is 0 Å². The van der Waals surface area contributed by atoms with Crippen molar-refractivity contribution in [2.24, 2.45) is 0 Å². The molecule has 0 saturated heterocycles. The van der Waals surface area contributed by atoms with Gasteiger partial charge in [-0.1, -0.05) is 25.0 Å². The van der Waals surface area contributed by atoms with Gasteiger partial charge in [0.15, 0.2) is 11.5 Å². The number of carbonyl (C=O) groups is 1. The van der Waals surface area contributed by atoms with Crippen LogP contribution in [0.25, 0.3) is 0 Å². The minimum atomic E-state index is -0.243. The molecular formula is C22H26FNO3. The molecule has 0 radical (unpaired) electrons. The van der Waals surface area contributed by atoms with Crippen molar-refractivity contribution >= 4 is 5.91 Å². The third-order valence-corrected chi connectivity index (χ3v) is 5.21. The smallest absolute Gasteiger partial charge is 0.254 e. The van der Waals surface area contributed by atoms with E-state index in [1.54, 1.807) is 44.6 Å². The third-order valence-electron chi connectivity index (χ3n) is 5.21. The zero-order chi connectivity index (χ0) is 19.2. The molecule has 2 aromatic carbocycles. The molecule has 1 amide bonds. The second kappa shape index (κ2) is 8.89. The molecule has 0 heterocycles. The van der Waals surface area contributed by atoms with Crippen LogP contribution in [0.2, 0.25) is 0 Å². The highest BCUT2D eigenvalue weighted by molar-refractivity contribution is 5.95. The maximum atomic E-state index is 13.2. The number of amides is 1. The molecule has 1 saturated carbocycles. The number of methoxy groups -OCH3 is 2. The fourth-order valence-corrected chi connectivity index (χ4v) is 3.70. The van der Waals surface area contributed by atoms with Crippen molar-refractivity contribution in [3.8, 4) is 11.5 Å². The summed E-state index contributed by atoms with van der Waals surface area (Å²) in [6.45, 7) is 0.615. The van der Waals surface area contributed by atoms with Gasteiger partial charge in [-0.2, -0.15) is 0 Å². The van der Waals surface area contributed by atoms with Crippen LogP contribution in [0.15, 0.2) is 42.5 Å². The van der Waals surface area contributed by atoms with Gasteiger partial charge in [-0.25, -0.2) is 4.39 Å². The van der Waals surface area contributed by atoms with Crippen molar-refractivity contribution < 1.29 is 18.7 Å². The number of benzene rings is 2. The molecule has 3 rings (SSSR count). The quantitative estimate of drug-likeness (QED) is 0.721. The summed E-state index contributed by atoms with van der Waals surface area (Å²) >= 11 is 0. The van der Waals surface area contributed by atoms with Crippen LogP contribution >= 0.6 is 0 Å². The standard InChI is InChI=1S/C22H26FNO3/c1-26-20-12-9-17(15-21(20)27-2)22(25)24(19-5-3-4-6-19)14-13-16-7-10-18(23)11-8-16/h7-12,15,19H,3-6,13-14H2,1-2H3. The van der Waals surface area contributed by atoms with Crippen LogP contribution in [-0.2, 0) is 6.42 Å². The van der Waals surface area contributed by atoms with E-state index in [4.69, 9.17) is 9.47 Å². The summed E-state index contributed by atoms with van der Waals surface area (Å²) in [6, 6.07) is 12.0. The van der Waals surface area contributed by atoms with Crippen LogP contribution in [0, 0.1) is 5.82 Å². The molecule has 0 spiro atoms. The molecule has 0 aliphatic heterocycles. The van der Waals surface area contributed by atoms with Crippen molar-refractivity contribution in [1.82, 2.24) is 4.90 Å². The molecule has 5 heteroatoms. The van der Waals surface area contributed by atoms with E-state index < -0.39 is 0 Å². The summed E-state index contributed by atoms with van der Waals surface area (Å²) in [6.07, 6.45) is 5.06. The first-order valence-corrected chi connectivity index (χ1v) is 9.40. The molecule has 0 aromatic heterocycles. The van der Waals surface area contributed by atoms with Gasteiger partial charge >= 0.3 is 0 Å². The Morgan fingerprint density at radius 3 is 2.33 bits per heavy atom. The average molecular weight is 371 g/mol. The van der Waals surface area contributed by atoms with Gasteiger partial charge in [0.25, 0.3) is 5.91 Å². The van der Waals surface area contributed by atoms with Gasteiger partial charge in [-0.15, -0.1) is 0 Å². The van der Waals surface area contributed by atoms with Crippen molar-refractivity contribution in [2.45, 2.75) is 38.1 Å². The molecule has 4 nitrogen and oxygen atoms in total. The molecule has 1 fully saturated rings. The molecule has 2 aromatic rings. The first-order chi connectivity index (χ1) is 13.1. The largest absolute Gasteiger partial charge is 0.493 e. The van der Waals surface area contributed by atoms with Gasteiger partial charge < -0.3 is 14.4 Å². The molecular weight excluding hydrogens is 345 g/mol. The summed E-state index contributed by atoms with van der Waals surface area (Å²) < 4.78 is 23.7. The van der Waals surface area contributed by atoms with E-state index in [0.29, 0.717) is 30.0 Å². The lowest BCUT2D eigenvalue weighted by molar-refractivity contribution is 0.0683. The Bertz CT molecular complexity index is 770. The van der Waals surface area contributed by atoms with Gasteiger partial charge in [0.1, 0.15) is 5.82 Å². The topological polar surface area (TPSA) is 38.8 Å². The second-order valence-corrected chi connectivity index (χ2v) is 6.88. The number of hydrogen-bond acceptors (Lipinski definition) is 3. The number of nitrogens with zero attached hydrogens (tertiary/aromatic N) is 1. The Morgan fingerprint density at radius 2 is 1.70 bits per heavy atom. The Balaban J connectivity index is 1.79. The van der Waals surface area contributed by atoms with E-state index in [1.807, 2.05) is 4.90 Å². The number of halogens is 1. The van der Waals surface area contributed by atoms with Crippen molar-refractivity contribution in [2.75, 3.05) is 20.8 Å². The van der Waals surface area contributed by atoms with Crippen molar-refractivity contribution in [3.63, 3.8) is 0 Å². The summed E-state index contributed by atoms with van der Waals surface area (Å²) in [5, 5.41) is 0. The summed E-state index contributed by atoms with van der Waals surface area (Å²) in [5.41, 5.74) is 1.62. The molecule has 0 bridgehead atoms. The lowest BCUT2D eigenvalue weighted by Crippen LogP contribution is -2.40. The Kier molecular flexibility index (Phi) is 6.32. The highest BCUT2D eigenvalue weighted by Crippen LogP contribution is 2.30. The summed E-state index contributed by atoms with van der Waals surface area (Å²) in [5.74, 6) is 0.916. The van der Waals surface area contributed by atoms with E-state index in [0.717, 1.165) is 31.2 Å². The highest BCUT2D eigenvalue weighted by atomic mass is 19.1. The second-order valence-electron chi connectivity index (χ2n) is 6.88. The fourth-order valence-electron chi connectivity index (χ4n) is 3.70. The van der Waals surface area contributed by atoms with E-state index in [9.17, 15) is 9.18 Å². The molecule has 0 unspecified atom stereocenters. The van der Waals surface area contributed by atoms with Crippen LogP contribution in [-0.4, -0.2) is 37.6 Å². The normalized spacial score (nSPS) is 14.2. The van der Waals surface area contributed by atoms with E-state index in [-0.39, 0.29) is 17.8 Å². The van der Waals surface area contributed by atoms with Crippen LogP contribution in [0.4, 0.5) is 4.39 Å². The van der Waals surface area contributed by atoms with Gasteiger partial charge in [0.05, 0.1) is 14.2 Å². The van der Waals surface area contributed by atoms with Gasteiger partial charge in [-0.3, -0.25) is 4.79 Å². The number of rotatable bonds is 7. The molecule has 144 valence electrons. The van der Waals surface area contributed by atoms with Gasteiger partial charge in [0.2, 0.25) is 0 Å². The van der Waals surface area contributed by atoms with Crippen LogP contribution < -0.4 is 9.47 Å². The Labute approximate surface area is 159 Å². The Morgan fingerprint density at radius 1 is 1.04 bits per heavy atom. The predicted octanol–water partition coefficient (Wildman–Crippen LogP) is 4.47. The number of hydrogen-bond donors (Lipinski definition) is 0. The maximum absolute atomic E-state index is 13.2. The van der Waals surface area contributed by atoms with E-state index in [1.165, 1.54) is 12.1 Å². The fraction of sp³-hybridized carbons (Fsp3) is 0.409. The van der Waals surface area contributed by atoms with E-state index >= 15 is 0 Å². The minimum absolute atomic E-state index is 0.00460. The first kappa shape index (κ1) is 19.2. The Hall–Kier alpha value is -2.56. The highest BCUT2D eigenvalue weighted by Gasteiger charge is 2.27.